The molecule has 0 aromatic rings. The van der Waals surface area contributed by atoms with Crippen LogP contribution >= 0.6 is 0 Å². The minimum Gasteiger partial charge on any atom is -0.0654 e. The predicted molar refractivity (Wildman–Crippen MR) is 113 cm³/mol. The smallest absolute Gasteiger partial charge is 0.0264 e. The van der Waals surface area contributed by atoms with Gasteiger partial charge in [0.1, 0.15) is 0 Å². The fraction of sp³-hybridized carbons (Fsp3) is 1.00. The van der Waals surface area contributed by atoms with E-state index in [4.69, 9.17) is 0 Å². The minimum absolute atomic E-state index is 0.681. The van der Waals surface area contributed by atoms with Crippen molar-refractivity contribution >= 4 is 0 Å². The Morgan fingerprint density at radius 1 is 0.846 bits per heavy atom. The summed E-state index contributed by atoms with van der Waals surface area (Å²) in [5.74, 6) is 7.43. The Morgan fingerprint density at radius 3 is 2.35 bits per heavy atom. The van der Waals surface area contributed by atoms with Crippen molar-refractivity contribution in [3.8, 4) is 0 Å². The van der Waals surface area contributed by atoms with Crippen molar-refractivity contribution in [2.45, 2.75) is 112 Å². The summed E-state index contributed by atoms with van der Waals surface area (Å²) >= 11 is 0. The summed E-state index contributed by atoms with van der Waals surface area (Å²) < 4.78 is 0. The van der Waals surface area contributed by atoms with Gasteiger partial charge in [0.2, 0.25) is 0 Å². The molecule has 0 amide bonds. The molecule has 4 fully saturated rings. The van der Waals surface area contributed by atoms with E-state index < -0.39 is 0 Å². The largest absolute Gasteiger partial charge is 0.0654 e. The zero-order valence-electron chi connectivity index (χ0n) is 18.5. The van der Waals surface area contributed by atoms with Crippen molar-refractivity contribution in [1.82, 2.24) is 0 Å². The van der Waals surface area contributed by atoms with Crippen molar-refractivity contribution in [3.63, 3.8) is 0 Å². The molecule has 0 aromatic heterocycles. The van der Waals surface area contributed by atoms with E-state index in [9.17, 15) is 0 Å². The summed E-state index contributed by atoms with van der Waals surface area (Å²) in [7, 11) is 0. The van der Waals surface area contributed by atoms with E-state index in [1.165, 1.54) is 25.7 Å². The van der Waals surface area contributed by atoms with Gasteiger partial charge in [-0.1, -0.05) is 47.5 Å². The Hall–Kier alpha value is 0. The number of rotatable bonds is 4. The molecule has 0 bridgehead atoms. The van der Waals surface area contributed by atoms with Gasteiger partial charge in [-0.2, -0.15) is 0 Å². The summed E-state index contributed by atoms with van der Waals surface area (Å²) in [4.78, 5) is 0. The van der Waals surface area contributed by atoms with Gasteiger partial charge in [0, 0.05) is 0 Å². The Balaban J connectivity index is 1.49. The van der Waals surface area contributed by atoms with Crippen LogP contribution in [0, 0.1) is 52.3 Å². The molecule has 6 unspecified atom stereocenters. The first kappa shape index (κ1) is 19.3. The quantitative estimate of drug-likeness (QED) is 0.476. The van der Waals surface area contributed by atoms with E-state index in [1.807, 2.05) is 0 Å². The molecule has 0 heteroatoms. The van der Waals surface area contributed by atoms with Crippen molar-refractivity contribution in [3.05, 3.63) is 0 Å². The molecule has 26 heavy (non-hydrogen) atoms. The van der Waals surface area contributed by atoms with Crippen molar-refractivity contribution in [2.75, 3.05) is 0 Å². The molecule has 4 rings (SSSR count). The molecular formula is C26H46. The zero-order chi connectivity index (χ0) is 18.5. The molecule has 4 saturated carbocycles. The van der Waals surface area contributed by atoms with Crippen LogP contribution in [0.1, 0.15) is 112 Å². The van der Waals surface area contributed by atoms with Gasteiger partial charge < -0.3 is 0 Å². The lowest BCUT2D eigenvalue weighted by atomic mass is 9.47. The van der Waals surface area contributed by atoms with Crippen LogP contribution in [-0.2, 0) is 0 Å². The maximum Gasteiger partial charge on any atom is -0.0264 e. The fourth-order valence-electron chi connectivity index (χ4n) is 9.28. The molecular weight excluding hydrogens is 312 g/mol. The fourth-order valence-corrected chi connectivity index (χ4v) is 9.28. The van der Waals surface area contributed by atoms with Gasteiger partial charge in [0.25, 0.3) is 0 Å². The van der Waals surface area contributed by atoms with Crippen LogP contribution in [0.4, 0.5) is 0 Å². The van der Waals surface area contributed by atoms with Gasteiger partial charge in [-0.25, -0.2) is 0 Å². The topological polar surface area (TPSA) is 0 Å². The second-order valence-electron chi connectivity index (χ2n) is 11.9. The normalized spacial score (nSPS) is 52.0. The second kappa shape index (κ2) is 7.11. The summed E-state index contributed by atoms with van der Waals surface area (Å²) in [5, 5.41) is 0. The van der Waals surface area contributed by atoms with E-state index in [0.717, 1.165) is 41.4 Å². The van der Waals surface area contributed by atoms with Crippen LogP contribution in [0.5, 0.6) is 0 Å². The summed E-state index contributed by atoms with van der Waals surface area (Å²) in [6.07, 6.45) is 18.3. The standard InChI is InChI=1S/C26H46/c1-6-14-25(4)15-12-20-19(17-25)8-9-22-21(20)13-16-26(5)23(18(3)7-2)10-11-24(22)26/h18-24H,6-17H2,1-5H3/t18-,19?,20?,21?,22?,23-,24?,25+,26?/m1/s1. The molecule has 0 aromatic carbocycles. The highest BCUT2D eigenvalue weighted by Crippen LogP contribution is 2.66. The van der Waals surface area contributed by atoms with Crippen LogP contribution in [0.3, 0.4) is 0 Å². The van der Waals surface area contributed by atoms with E-state index in [1.54, 1.807) is 51.4 Å². The van der Waals surface area contributed by atoms with Gasteiger partial charge in [-0.15, -0.1) is 0 Å². The SMILES string of the molecule is CCC[C@@]1(C)CCC2C(CCC3C2CCC2(C)C3CC[C@@H]2[C@H](C)CC)C1. The van der Waals surface area contributed by atoms with Crippen molar-refractivity contribution in [1.29, 1.82) is 0 Å². The molecule has 150 valence electrons. The maximum atomic E-state index is 2.73. The lowest BCUT2D eigenvalue weighted by Gasteiger charge is -2.58. The molecule has 0 spiro atoms. The second-order valence-corrected chi connectivity index (χ2v) is 11.9. The Labute approximate surface area is 164 Å². The Morgan fingerprint density at radius 2 is 1.62 bits per heavy atom. The van der Waals surface area contributed by atoms with E-state index in [0.29, 0.717) is 10.8 Å². The molecule has 0 nitrogen and oxygen atoms in total. The van der Waals surface area contributed by atoms with Gasteiger partial charge >= 0.3 is 0 Å². The molecule has 4 aliphatic rings. The number of fused-ring (bicyclic) bond motifs is 5. The highest BCUT2D eigenvalue weighted by atomic mass is 14.6. The Kier molecular flexibility index (Phi) is 5.28. The molecule has 0 N–H and O–H groups in total. The van der Waals surface area contributed by atoms with Gasteiger partial charge in [-0.3, -0.25) is 0 Å². The lowest BCUT2D eigenvalue weighted by Crippen LogP contribution is -2.50. The van der Waals surface area contributed by atoms with Crippen molar-refractivity contribution in [2.24, 2.45) is 52.3 Å². The van der Waals surface area contributed by atoms with E-state index in [-0.39, 0.29) is 0 Å². The highest BCUT2D eigenvalue weighted by Gasteiger charge is 2.57. The third-order valence-electron chi connectivity index (χ3n) is 10.6. The summed E-state index contributed by atoms with van der Waals surface area (Å²) in [6.45, 7) is 12.7. The van der Waals surface area contributed by atoms with E-state index >= 15 is 0 Å². The first-order valence-electron chi connectivity index (χ1n) is 12.4. The van der Waals surface area contributed by atoms with Gasteiger partial charge in [0.15, 0.2) is 0 Å². The maximum absolute atomic E-state index is 2.73. The van der Waals surface area contributed by atoms with Crippen LogP contribution in [0.15, 0.2) is 0 Å². The summed E-state index contributed by atoms with van der Waals surface area (Å²) in [6, 6.07) is 0. The van der Waals surface area contributed by atoms with Gasteiger partial charge in [-0.05, 0) is 116 Å². The predicted octanol–water partition coefficient (Wildman–Crippen LogP) is 8.11. The van der Waals surface area contributed by atoms with Gasteiger partial charge in [0.05, 0.1) is 0 Å². The first-order chi connectivity index (χ1) is 12.4. The summed E-state index contributed by atoms with van der Waals surface area (Å²) in [5.41, 5.74) is 1.37. The molecule has 0 aliphatic heterocycles. The Bertz CT molecular complexity index is 494. The zero-order valence-corrected chi connectivity index (χ0v) is 18.5. The highest BCUT2D eigenvalue weighted by molar-refractivity contribution is 5.07. The number of hydrogen-bond acceptors (Lipinski definition) is 0. The molecule has 4 aliphatic carbocycles. The molecule has 0 radical (unpaired) electrons. The van der Waals surface area contributed by atoms with Crippen LogP contribution < -0.4 is 0 Å². The molecule has 0 heterocycles. The average Bonchev–Trinajstić information content (AvgIpc) is 2.98. The van der Waals surface area contributed by atoms with Crippen LogP contribution in [0.25, 0.3) is 0 Å². The molecule has 9 atom stereocenters. The van der Waals surface area contributed by atoms with Crippen LogP contribution in [0.2, 0.25) is 0 Å². The third-order valence-corrected chi connectivity index (χ3v) is 10.6. The minimum atomic E-state index is 0.681. The number of hydrogen-bond donors (Lipinski definition) is 0. The van der Waals surface area contributed by atoms with Crippen LogP contribution in [-0.4, -0.2) is 0 Å². The lowest BCUT2D eigenvalue weighted by molar-refractivity contribution is -0.0836. The monoisotopic (exact) mass is 358 g/mol. The molecule has 0 saturated heterocycles. The van der Waals surface area contributed by atoms with Crippen molar-refractivity contribution < 1.29 is 0 Å². The first-order valence-corrected chi connectivity index (χ1v) is 12.4. The third kappa shape index (κ3) is 3.00. The van der Waals surface area contributed by atoms with E-state index in [2.05, 4.69) is 34.6 Å². The average molecular weight is 359 g/mol.